The molecule has 1 aromatic rings. The van der Waals surface area contributed by atoms with Crippen LogP contribution in [-0.2, 0) is 57.2 Å². The lowest BCUT2D eigenvalue weighted by Gasteiger charge is -2.43. The zero-order valence-corrected chi connectivity index (χ0v) is 24.5. The number of ether oxygens (including phenoxy) is 6. The number of carbonyl (C=O) groups is 6. The van der Waals surface area contributed by atoms with Crippen LogP contribution in [0.2, 0.25) is 0 Å². The van der Waals surface area contributed by atoms with Crippen LogP contribution in [0.5, 0.6) is 0 Å². The van der Waals surface area contributed by atoms with Crippen LogP contribution in [0.1, 0.15) is 0 Å². The van der Waals surface area contributed by atoms with E-state index in [1.54, 1.807) is 24.3 Å². The zero-order chi connectivity index (χ0) is 32.8. The molecule has 2 aliphatic rings. The number of benzene rings is 1. The molecule has 0 saturated carbocycles. The molecule has 2 heterocycles. The smallest absolute Gasteiger partial charge is 0.355 e. The van der Waals surface area contributed by atoms with Crippen molar-refractivity contribution in [2.24, 2.45) is 5.73 Å². The molecule has 0 radical (unpaired) electrons. The van der Waals surface area contributed by atoms with Gasteiger partial charge in [0.05, 0.1) is 70.8 Å². The first-order valence-electron chi connectivity index (χ1n) is 12.5. The molecular formula is C29H29N3O12. The Balaban J connectivity index is 2.55. The highest BCUT2D eigenvalue weighted by molar-refractivity contribution is 6.20. The predicted molar refractivity (Wildman–Crippen MR) is 151 cm³/mol. The van der Waals surface area contributed by atoms with Crippen molar-refractivity contribution in [3.63, 3.8) is 0 Å². The van der Waals surface area contributed by atoms with Gasteiger partial charge in [-0.25, -0.2) is 28.8 Å². The highest BCUT2D eigenvalue weighted by atomic mass is 16.5. The minimum absolute atomic E-state index is 0.263. The second kappa shape index (κ2) is 13.4. The summed E-state index contributed by atoms with van der Waals surface area (Å²) in [6, 6.07) is 6.44. The van der Waals surface area contributed by atoms with E-state index in [0.29, 0.717) is 5.69 Å². The maximum atomic E-state index is 13.6. The maximum absolute atomic E-state index is 13.6. The third-order valence-electron chi connectivity index (χ3n) is 6.58. The SMILES string of the molecule is COC(=O)C1=C(C(=O)OC)N2c3ccccc3NC2(/C=C/C=C(C(=O)OC)/C(=C\N)C(=O)OC)C(C(=O)OC)=C1C(=O)OC. The first kappa shape index (κ1) is 32.7. The van der Waals surface area contributed by atoms with Crippen molar-refractivity contribution in [1.82, 2.24) is 0 Å². The number of esters is 6. The molecule has 0 aromatic heterocycles. The van der Waals surface area contributed by atoms with E-state index in [-0.39, 0.29) is 16.8 Å². The molecule has 0 spiro atoms. The van der Waals surface area contributed by atoms with E-state index in [1.165, 1.54) is 17.1 Å². The Labute approximate surface area is 251 Å². The summed E-state index contributed by atoms with van der Waals surface area (Å²) in [5.74, 6) is -6.49. The van der Waals surface area contributed by atoms with Gasteiger partial charge in [0.15, 0.2) is 5.66 Å². The Bertz CT molecular complexity index is 1580. The second-order valence-corrected chi connectivity index (χ2v) is 8.69. The summed E-state index contributed by atoms with van der Waals surface area (Å²) >= 11 is 0. The van der Waals surface area contributed by atoms with Crippen molar-refractivity contribution >= 4 is 47.2 Å². The molecule has 0 aliphatic carbocycles. The standard InChI is InChI=1S/C29H29N3O12/c1-39-23(33)15(16(14-30)24(34)40-2)10-9-13-29-21(27(37)43-5)19(25(35)41-3)20(26(36)42-4)22(28(38)44-6)32(29)18-12-8-7-11-17(18)31-29/h7-14,31H,30H2,1-6H3/b13-9+,15-10-,16-14+. The van der Waals surface area contributed by atoms with Crippen LogP contribution in [0.4, 0.5) is 11.4 Å². The number of methoxy groups -OCH3 is 6. The highest BCUT2D eigenvalue weighted by Gasteiger charge is 2.58. The summed E-state index contributed by atoms with van der Waals surface area (Å²) in [5, 5.41) is 3.11. The van der Waals surface area contributed by atoms with E-state index in [2.05, 4.69) is 5.32 Å². The van der Waals surface area contributed by atoms with Crippen molar-refractivity contribution in [3.8, 4) is 0 Å². The fourth-order valence-electron chi connectivity index (χ4n) is 4.74. The number of nitrogens with two attached hydrogens (primary N) is 1. The lowest BCUT2D eigenvalue weighted by molar-refractivity contribution is -0.142. The van der Waals surface area contributed by atoms with Crippen molar-refractivity contribution in [3.05, 3.63) is 82.3 Å². The van der Waals surface area contributed by atoms with Gasteiger partial charge in [0.25, 0.3) is 0 Å². The van der Waals surface area contributed by atoms with Gasteiger partial charge >= 0.3 is 35.8 Å². The summed E-state index contributed by atoms with van der Waals surface area (Å²) in [5.41, 5.74) is 1.18. The van der Waals surface area contributed by atoms with Gasteiger partial charge < -0.3 is 44.4 Å². The van der Waals surface area contributed by atoms with Gasteiger partial charge in [-0.1, -0.05) is 18.2 Å². The number of nitrogens with zero attached hydrogens (tertiary/aromatic N) is 1. The van der Waals surface area contributed by atoms with Gasteiger partial charge in [0.2, 0.25) is 0 Å². The number of carbonyl (C=O) groups excluding carboxylic acids is 6. The first-order chi connectivity index (χ1) is 21.0. The van der Waals surface area contributed by atoms with Crippen LogP contribution in [-0.4, -0.2) is 84.1 Å². The zero-order valence-electron chi connectivity index (χ0n) is 24.5. The van der Waals surface area contributed by atoms with Gasteiger partial charge in [-0.15, -0.1) is 0 Å². The predicted octanol–water partition coefficient (Wildman–Crippen LogP) is 0.542. The third-order valence-corrected chi connectivity index (χ3v) is 6.58. The Morgan fingerprint density at radius 3 is 1.82 bits per heavy atom. The van der Waals surface area contributed by atoms with Gasteiger partial charge in [-0.3, -0.25) is 0 Å². The van der Waals surface area contributed by atoms with Crippen molar-refractivity contribution in [1.29, 1.82) is 0 Å². The molecule has 232 valence electrons. The minimum Gasteiger partial charge on any atom is -0.466 e. The minimum atomic E-state index is -2.02. The number of nitrogens with one attached hydrogen (secondary N) is 1. The molecule has 3 rings (SSSR count). The lowest BCUT2D eigenvalue weighted by atomic mass is 9.83. The van der Waals surface area contributed by atoms with Crippen LogP contribution in [0, 0.1) is 0 Å². The molecule has 0 amide bonds. The maximum Gasteiger partial charge on any atom is 0.355 e. The van der Waals surface area contributed by atoms with E-state index >= 15 is 0 Å². The van der Waals surface area contributed by atoms with Crippen molar-refractivity contribution in [2.75, 3.05) is 52.9 Å². The molecule has 15 nitrogen and oxygen atoms in total. The Morgan fingerprint density at radius 1 is 0.727 bits per heavy atom. The molecular weight excluding hydrogens is 582 g/mol. The quantitative estimate of drug-likeness (QED) is 0.170. The average Bonchev–Trinajstić information content (AvgIpc) is 3.39. The van der Waals surface area contributed by atoms with Crippen molar-refractivity contribution in [2.45, 2.75) is 5.66 Å². The number of allylic oxidation sites excluding steroid dienone is 2. The molecule has 1 aromatic carbocycles. The normalized spacial score (nSPS) is 17.7. The Hall–Kier alpha value is -5.86. The fraction of sp³-hybridized carbons (Fsp3) is 0.241. The molecule has 0 bridgehead atoms. The number of anilines is 2. The number of hydrogen-bond acceptors (Lipinski definition) is 15. The molecule has 15 heteroatoms. The van der Waals surface area contributed by atoms with Gasteiger partial charge in [-0.2, -0.15) is 0 Å². The summed E-state index contributed by atoms with van der Waals surface area (Å²) in [6.07, 6.45) is 4.46. The van der Waals surface area contributed by atoms with E-state index < -0.39 is 63.9 Å². The van der Waals surface area contributed by atoms with Crippen LogP contribution in [0.25, 0.3) is 0 Å². The van der Waals surface area contributed by atoms with E-state index in [0.717, 1.165) is 54.9 Å². The van der Waals surface area contributed by atoms with Gasteiger partial charge in [0.1, 0.15) is 16.8 Å². The summed E-state index contributed by atoms with van der Waals surface area (Å²) < 4.78 is 29.4. The van der Waals surface area contributed by atoms with E-state index in [4.69, 9.17) is 34.2 Å². The van der Waals surface area contributed by atoms with Crippen LogP contribution in [0.3, 0.4) is 0 Å². The Morgan fingerprint density at radius 2 is 1.27 bits per heavy atom. The van der Waals surface area contributed by atoms with E-state index in [1.807, 2.05) is 0 Å². The molecule has 1 unspecified atom stereocenters. The number of fused-ring (bicyclic) bond motifs is 3. The highest BCUT2D eigenvalue weighted by Crippen LogP contribution is 2.52. The van der Waals surface area contributed by atoms with E-state index in [9.17, 15) is 28.8 Å². The number of hydrogen-bond donors (Lipinski definition) is 2. The topological polar surface area (TPSA) is 199 Å². The summed E-state index contributed by atoms with van der Waals surface area (Å²) in [7, 11) is 6.25. The molecule has 0 saturated heterocycles. The fourth-order valence-corrected chi connectivity index (χ4v) is 4.74. The molecule has 1 atom stereocenters. The third kappa shape index (κ3) is 5.37. The lowest BCUT2D eigenvalue weighted by Crippen LogP contribution is -2.57. The number of rotatable bonds is 9. The summed E-state index contributed by atoms with van der Waals surface area (Å²) in [6.45, 7) is 0. The second-order valence-electron chi connectivity index (χ2n) is 8.69. The first-order valence-corrected chi connectivity index (χ1v) is 12.5. The molecule has 44 heavy (non-hydrogen) atoms. The van der Waals surface area contributed by atoms with Crippen molar-refractivity contribution < 1.29 is 57.2 Å². The average molecular weight is 612 g/mol. The van der Waals surface area contributed by atoms with Gasteiger partial charge in [0, 0.05) is 6.20 Å². The molecule has 3 N–H and O–H groups in total. The largest absolute Gasteiger partial charge is 0.466 e. The number of para-hydroxylation sites is 2. The summed E-state index contributed by atoms with van der Waals surface area (Å²) in [4.78, 5) is 79.8. The molecule has 2 aliphatic heterocycles. The Kier molecular flexibility index (Phi) is 9.95. The van der Waals surface area contributed by atoms with Crippen LogP contribution >= 0.6 is 0 Å². The monoisotopic (exact) mass is 611 g/mol. The molecule has 0 fully saturated rings. The van der Waals surface area contributed by atoms with Crippen LogP contribution < -0.4 is 16.0 Å². The van der Waals surface area contributed by atoms with Gasteiger partial charge in [-0.05, 0) is 24.3 Å². The van der Waals surface area contributed by atoms with Crippen LogP contribution in [0.15, 0.2) is 82.3 Å².